The van der Waals surface area contributed by atoms with Gasteiger partial charge in [0.1, 0.15) is 28.9 Å². The standard InChI is InChI=1S/C15H15BN2O2S/c1-7-8(2)15(21-10(7)4)14(20-16)12(6-17)13-9(3)19-11(5)18-13/h1-5H3. The molecule has 2 radical (unpaired) electrons. The first-order valence-corrected chi connectivity index (χ1v) is 7.24. The first-order chi connectivity index (χ1) is 9.90. The quantitative estimate of drug-likeness (QED) is 0.491. The summed E-state index contributed by atoms with van der Waals surface area (Å²) in [6.45, 7) is 9.55. The zero-order valence-corrected chi connectivity index (χ0v) is 13.5. The van der Waals surface area contributed by atoms with Gasteiger partial charge in [0.05, 0.1) is 4.88 Å². The molecule has 0 saturated carbocycles. The summed E-state index contributed by atoms with van der Waals surface area (Å²) in [6.07, 6.45) is 0. The van der Waals surface area contributed by atoms with Gasteiger partial charge >= 0.3 is 8.05 Å². The van der Waals surface area contributed by atoms with Crippen LogP contribution in [0.5, 0.6) is 0 Å². The average Bonchev–Trinajstić information content (AvgIpc) is 2.90. The van der Waals surface area contributed by atoms with E-state index in [0.29, 0.717) is 23.1 Å². The van der Waals surface area contributed by atoms with E-state index in [-0.39, 0.29) is 5.57 Å². The molecule has 0 bridgehead atoms. The van der Waals surface area contributed by atoms with Gasteiger partial charge in [0.2, 0.25) is 0 Å². The van der Waals surface area contributed by atoms with Gasteiger partial charge in [-0.05, 0) is 38.8 Å². The lowest BCUT2D eigenvalue weighted by Crippen LogP contribution is -1.96. The van der Waals surface area contributed by atoms with Crippen molar-refractivity contribution in [3.8, 4) is 6.07 Å². The molecule has 0 aliphatic carbocycles. The second kappa shape index (κ2) is 5.78. The molecule has 106 valence electrons. The van der Waals surface area contributed by atoms with Crippen molar-refractivity contribution in [3.63, 3.8) is 0 Å². The Labute approximate surface area is 129 Å². The van der Waals surface area contributed by atoms with Gasteiger partial charge in [-0.15, -0.1) is 11.3 Å². The second-order valence-electron chi connectivity index (χ2n) is 4.81. The predicted molar refractivity (Wildman–Crippen MR) is 83.8 cm³/mol. The molecule has 4 nitrogen and oxygen atoms in total. The molecule has 0 amide bonds. The van der Waals surface area contributed by atoms with Gasteiger partial charge in [-0.2, -0.15) is 5.26 Å². The Kier molecular flexibility index (Phi) is 4.24. The Morgan fingerprint density at radius 2 is 1.90 bits per heavy atom. The zero-order chi connectivity index (χ0) is 15.7. The molecule has 2 aromatic rings. The van der Waals surface area contributed by atoms with Gasteiger partial charge in [0.15, 0.2) is 5.89 Å². The first kappa shape index (κ1) is 15.4. The molecule has 0 saturated heterocycles. The summed E-state index contributed by atoms with van der Waals surface area (Å²) < 4.78 is 10.4. The van der Waals surface area contributed by atoms with Crippen molar-refractivity contribution in [3.05, 3.63) is 38.2 Å². The predicted octanol–water partition coefficient (Wildman–Crippen LogP) is 3.77. The highest BCUT2D eigenvalue weighted by molar-refractivity contribution is 7.13. The number of hydrogen-bond donors (Lipinski definition) is 0. The summed E-state index contributed by atoms with van der Waals surface area (Å²) >= 11 is 1.55. The SMILES string of the molecule is [B]OC(=C(C#N)c1nc(C)oc1C)c1sc(C)c(C)c1C. The number of nitriles is 1. The summed E-state index contributed by atoms with van der Waals surface area (Å²) in [5.41, 5.74) is 2.99. The van der Waals surface area contributed by atoms with Gasteiger partial charge in [-0.1, -0.05) is 0 Å². The fraction of sp³-hybridized carbons (Fsp3) is 0.333. The number of oxazole rings is 1. The molecule has 0 aliphatic heterocycles. The Hall–Kier alpha value is -2.00. The summed E-state index contributed by atoms with van der Waals surface area (Å²) in [4.78, 5) is 6.28. The highest BCUT2D eigenvalue weighted by Gasteiger charge is 2.22. The van der Waals surface area contributed by atoms with E-state index >= 15 is 0 Å². The number of nitrogens with zero attached hydrogens (tertiary/aromatic N) is 2. The minimum atomic E-state index is 0.288. The van der Waals surface area contributed by atoms with E-state index in [4.69, 9.17) is 17.1 Å². The molecule has 2 aromatic heterocycles. The van der Waals surface area contributed by atoms with E-state index in [9.17, 15) is 5.26 Å². The Balaban J connectivity index is 2.73. The van der Waals surface area contributed by atoms with Crippen LogP contribution in [0.1, 0.15) is 38.2 Å². The molecule has 0 aliphatic rings. The van der Waals surface area contributed by atoms with Crippen LogP contribution in [-0.2, 0) is 4.65 Å². The normalized spacial score (nSPS) is 12.0. The average molecular weight is 298 g/mol. The topological polar surface area (TPSA) is 59.0 Å². The molecule has 0 atom stereocenters. The van der Waals surface area contributed by atoms with Crippen molar-refractivity contribution in [1.29, 1.82) is 5.26 Å². The van der Waals surface area contributed by atoms with Crippen molar-refractivity contribution in [2.45, 2.75) is 34.6 Å². The lowest BCUT2D eigenvalue weighted by molar-refractivity contribution is 0.494. The van der Waals surface area contributed by atoms with Gasteiger partial charge in [-0.25, -0.2) is 4.98 Å². The van der Waals surface area contributed by atoms with Gasteiger partial charge in [0.25, 0.3) is 0 Å². The van der Waals surface area contributed by atoms with E-state index in [0.717, 1.165) is 10.4 Å². The molecular weight excluding hydrogens is 283 g/mol. The molecule has 0 N–H and O–H groups in total. The number of thiophene rings is 1. The highest BCUT2D eigenvalue weighted by atomic mass is 32.1. The lowest BCUT2D eigenvalue weighted by Gasteiger charge is -2.09. The fourth-order valence-corrected chi connectivity index (χ4v) is 3.32. The lowest BCUT2D eigenvalue weighted by atomic mass is 10.1. The molecule has 2 heterocycles. The van der Waals surface area contributed by atoms with Crippen LogP contribution in [0.2, 0.25) is 0 Å². The maximum Gasteiger partial charge on any atom is 0.374 e. The molecule has 0 spiro atoms. The van der Waals surface area contributed by atoms with Crippen LogP contribution in [0.4, 0.5) is 0 Å². The van der Waals surface area contributed by atoms with Crippen molar-refractivity contribution >= 4 is 30.7 Å². The largest absolute Gasteiger partial charge is 0.566 e. The molecule has 0 unspecified atom stereocenters. The minimum absolute atomic E-state index is 0.288. The highest BCUT2D eigenvalue weighted by Crippen LogP contribution is 2.36. The molecule has 6 heteroatoms. The van der Waals surface area contributed by atoms with Crippen LogP contribution in [0.25, 0.3) is 11.3 Å². The molecule has 2 rings (SSSR count). The first-order valence-electron chi connectivity index (χ1n) is 6.43. The van der Waals surface area contributed by atoms with Crippen LogP contribution in [-0.4, -0.2) is 13.0 Å². The van der Waals surface area contributed by atoms with E-state index in [2.05, 4.69) is 11.1 Å². The second-order valence-corrected chi connectivity index (χ2v) is 6.03. The summed E-state index contributed by atoms with van der Waals surface area (Å²) in [5.74, 6) is 1.41. The molecular formula is C15H15BN2O2S. The number of allylic oxidation sites excluding steroid dienone is 1. The van der Waals surface area contributed by atoms with E-state index in [1.165, 1.54) is 10.4 Å². The third-order valence-corrected chi connectivity index (χ3v) is 4.80. The number of rotatable bonds is 3. The molecule has 0 aromatic carbocycles. The smallest absolute Gasteiger partial charge is 0.374 e. The number of hydrogen-bond acceptors (Lipinski definition) is 5. The third kappa shape index (κ3) is 2.61. The van der Waals surface area contributed by atoms with Gasteiger partial charge in [-0.3, -0.25) is 0 Å². The van der Waals surface area contributed by atoms with E-state index in [1.807, 2.05) is 20.8 Å². The van der Waals surface area contributed by atoms with Gasteiger partial charge in [0, 0.05) is 11.8 Å². The van der Waals surface area contributed by atoms with Crippen LogP contribution in [0.3, 0.4) is 0 Å². The van der Waals surface area contributed by atoms with Crippen LogP contribution in [0, 0.1) is 45.9 Å². The maximum atomic E-state index is 9.52. The maximum absolute atomic E-state index is 9.52. The Morgan fingerprint density at radius 3 is 2.29 bits per heavy atom. The van der Waals surface area contributed by atoms with Crippen LogP contribution in [0.15, 0.2) is 4.42 Å². The zero-order valence-electron chi connectivity index (χ0n) is 12.7. The third-order valence-electron chi connectivity index (χ3n) is 3.49. The summed E-state index contributed by atoms with van der Waals surface area (Å²) in [6, 6.07) is 2.14. The Bertz CT molecular complexity index is 765. The summed E-state index contributed by atoms with van der Waals surface area (Å²) in [7, 11) is 5.44. The molecule has 21 heavy (non-hydrogen) atoms. The monoisotopic (exact) mass is 298 g/mol. The summed E-state index contributed by atoms with van der Waals surface area (Å²) in [5, 5.41) is 9.52. The number of aryl methyl sites for hydroxylation is 3. The Morgan fingerprint density at radius 1 is 1.24 bits per heavy atom. The van der Waals surface area contributed by atoms with Crippen LogP contribution < -0.4 is 0 Å². The van der Waals surface area contributed by atoms with Crippen LogP contribution >= 0.6 is 11.3 Å². The molecule has 0 fully saturated rings. The van der Waals surface area contributed by atoms with Gasteiger partial charge < -0.3 is 9.07 Å². The van der Waals surface area contributed by atoms with E-state index in [1.54, 1.807) is 25.2 Å². The van der Waals surface area contributed by atoms with E-state index < -0.39 is 0 Å². The number of aromatic nitrogens is 1. The van der Waals surface area contributed by atoms with Crippen molar-refractivity contribution < 1.29 is 9.07 Å². The van der Waals surface area contributed by atoms with Crippen molar-refractivity contribution in [2.24, 2.45) is 0 Å². The van der Waals surface area contributed by atoms with Crippen molar-refractivity contribution in [2.75, 3.05) is 0 Å². The van der Waals surface area contributed by atoms with Crippen molar-refractivity contribution in [1.82, 2.24) is 4.98 Å². The minimum Gasteiger partial charge on any atom is -0.566 e. The fourth-order valence-electron chi connectivity index (χ4n) is 2.16.